The molecule has 1 N–H and O–H groups in total. The summed E-state index contributed by atoms with van der Waals surface area (Å²) in [7, 11) is 0. The van der Waals surface area contributed by atoms with Gasteiger partial charge in [-0.05, 0) is 37.1 Å². The first-order valence-electron chi connectivity index (χ1n) is 10.1. The molecule has 6 nitrogen and oxygen atoms in total. The molecule has 152 valence electrons. The summed E-state index contributed by atoms with van der Waals surface area (Å²) in [6.45, 7) is 1.59. The SMILES string of the molecule is N#Cc1cncc(-c2cnc3[nH]cc(C(=O)c4cccc(N5CCCC5)c4F)c3c2)c1. The van der Waals surface area contributed by atoms with Gasteiger partial charge >= 0.3 is 0 Å². The van der Waals surface area contributed by atoms with Crippen LogP contribution in [0, 0.1) is 17.1 Å². The summed E-state index contributed by atoms with van der Waals surface area (Å²) in [5, 5.41) is 9.72. The lowest BCUT2D eigenvalue weighted by Crippen LogP contribution is -2.20. The van der Waals surface area contributed by atoms with Gasteiger partial charge in [0.1, 0.15) is 11.7 Å². The molecule has 1 fully saturated rings. The number of aromatic nitrogens is 3. The van der Waals surface area contributed by atoms with E-state index in [9.17, 15) is 4.79 Å². The normalized spacial score (nSPS) is 13.5. The average molecular weight is 411 g/mol. The van der Waals surface area contributed by atoms with Crippen molar-refractivity contribution in [2.45, 2.75) is 12.8 Å². The number of halogens is 1. The van der Waals surface area contributed by atoms with Gasteiger partial charge in [-0.25, -0.2) is 9.37 Å². The molecule has 0 bridgehead atoms. The van der Waals surface area contributed by atoms with E-state index in [2.05, 4.69) is 21.0 Å². The van der Waals surface area contributed by atoms with E-state index >= 15 is 4.39 Å². The van der Waals surface area contributed by atoms with Gasteiger partial charge in [-0.2, -0.15) is 5.26 Å². The van der Waals surface area contributed by atoms with Crippen LogP contribution in [-0.2, 0) is 0 Å². The molecule has 1 aliphatic heterocycles. The van der Waals surface area contributed by atoms with Gasteiger partial charge in [0.2, 0.25) is 0 Å². The summed E-state index contributed by atoms with van der Waals surface area (Å²) in [6, 6.07) is 10.6. The quantitative estimate of drug-likeness (QED) is 0.501. The van der Waals surface area contributed by atoms with E-state index in [4.69, 9.17) is 5.26 Å². The molecule has 0 spiro atoms. The van der Waals surface area contributed by atoms with Crippen LogP contribution < -0.4 is 4.90 Å². The standard InChI is InChI=1S/C24H18FN5O/c25-22-18(4-3-5-21(22)30-6-1-2-7-30)23(31)20-14-29-24-19(20)9-17(13-28-24)16-8-15(10-26)11-27-12-16/h3-5,8-9,11-14H,1-2,6-7H2,(H,28,29). The molecule has 0 amide bonds. The van der Waals surface area contributed by atoms with Gasteiger partial charge in [0.05, 0.1) is 16.8 Å². The zero-order valence-corrected chi connectivity index (χ0v) is 16.6. The minimum atomic E-state index is -0.487. The molecular weight excluding hydrogens is 393 g/mol. The second-order valence-electron chi connectivity index (χ2n) is 7.56. The van der Waals surface area contributed by atoms with Crippen molar-refractivity contribution < 1.29 is 9.18 Å². The molecule has 0 radical (unpaired) electrons. The van der Waals surface area contributed by atoms with Crippen molar-refractivity contribution in [1.29, 1.82) is 5.26 Å². The Bertz CT molecular complexity index is 1350. The summed E-state index contributed by atoms with van der Waals surface area (Å²) < 4.78 is 15.3. The summed E-state index contributed by atoms with van der Waals surface area (Å²) in [5.74, 6) is -0.883. The number of nitrogens with one attached hydrogen (secondary N) is 1. The zero-order chi connectivity index (χ0) is 21.4. The van der Waals surface area contributed by atoms with Crippen molar-refractivity contribution in [2.75, 3.05) is 18.0 Å². The first-order valence-corrected chi connectivity index (χ1v) is 10.1. The molecule has 0 saturated carbocycles. The summed E-state index contributed by atoms with van der Waals surface area (Å²) in [5.41, 5.74) is 3.28. The van der Waals surface area contributed by atoms with Crippen LogP contribution in [0.15, 0.2) is 55.1 Å². The highest BCUT2D eigenvalue weighted by Crippen LogP contribution is 2.30. The van der Waals surface area contributed by atoms with Crippen molar-refractivity contribution in [1.82, 2.24) is 15.0 Å². The number of hydrogen-bond donors (Lipinski definition) is 1. The van der Waals surface area contributed by atoms with E-state index in [1.165, 1.54) is 12.3 Å². The molecule has 1 aromatic carbocycles. The van der Waals surface area contributed by atoms with Crippen LogP contribution in [0.25, 0.3) is 22.2 Å². The number of hydrogen-bond acceptors (Lipinski definition) is 5. The van der Waals surface area contributed by atoms with E-state index in [0.29, 0.717) is 27.8 Å². The molecule has 4 aromatic rings. The van der Waals surface area contributed by atoms with E-state index in [0.717, 1.165) is 37.1 Å². The van der Waals surface area contributed by atoms with Gasteiger partial charge in [-0.1, -0.05) is 6.07 Å². The Morgan fingerprint density at radius 3 is 2.71 bits per heavy atom. The van der Waals surface area contributed by atoms with Crippen LogP contribution in [0.5, 0.6) is 0 Å². The fourth-order valence-corrected chi connectivity index (χ4v) is 4.05. The van der Waals surface area contributed by atoms with Gasteiger partial charge in [-0.3, -0.25) is 9.78 Å². The lowest BCUT2D eigenvalue weighted by Gasteiger charge is -2.19. The third-order valence-corrected chi connectivity index (χ3v) is 5.65. The minimum absolute atomic E-state index is 0.0452. The Hall–Kier alpha value is -4.05. The number of carbonyl (C=O) groups is 1. The van der Waals surface area contributed by atoms with Crippen LogP contribution in [0.1, 0.15) is 34.3 Å². The fourth-order valence-electron chi connectivity index (χ4n) is 4.05. The summed E-state index contributed by atoms with van der Waals surface area (Å²) in [6.07, 6.45) is 8.39. The first-order chi connectivity index (χ1) is 15.2. The summed E-state index contributed by atoms with van der Waals surface area (Å²) in [4.78, 5) is 26.8. The van der Waals surface area contributed by atoms with Crippen LogP contribution in [0.3, 0.4) is 0 Å². The number of anilines is 1. The minimum Gasteiger partial charge on any atom is -0.369 e. The highest BCUT2D eigenvalue weighted by molar-refractivity contribution is 6.16. The van der Waals surface area contributed by atoms with Gasteiger partial charge in [0.25, 0.3) is 0 Å². The lowest BCUT2D eigenvalue weighted by molar-refractivity contribution is 0.103. The molecule has 1 aliphatic rings. The van der Waals surface area contributed by atoms with Crippen molar-refractivity contribution in [3.05, 3.63) is 77.6 Å². The Labute approximate surface area is 178 Å². The molecule has 31 heavy (non-hydrogen) atoms. The third kappa shape index (κ3) is 3.32. The maximum atomic E-state index is 15.3. The van der Waals surface area contributed by atoms with Crippen LogP contribution in [0.2, 0.25) is 0 Å². The number of pyridine rings is 2. The van der Waals surface area contributed by atoms with E-state index < -0.39 is 11.6 Å². The van der Waals surface area contributed by atoms with Crippen molar-refractivity contribution in [2.24, 2.45) is 0 Å². The Balaban J connectivity index is 1.57. The third-order valence-electron chi connectivity index (χ3n) is 5.65. The highest BCUT2D eigenvalue weighted by atomic mass is 19.1. The predicted octanol–water partition coefficient (Wildman–Crippen LogP) is 4.47. The van der Waals surface area contributed by atoms with Crippen LogP contribution in [0.4, 0.5) is 10.1 Å². The first kappa shape index (κ1) is 18.9. The number of nitrogens with zero attached hydrogens (tertiary/aromatic N) is 4. The molecule has 0 aliphatic carbocycles. The second kappa shape index (κ2) is 7.65. The number of H-pyrrole nitrogens is 1. The topological polar surface area (TPSA) is 85.7 Å². The second-order valence-corrected chi connectivity index (χ2v) is 7.56. The Kier molecular flexibility index (Phi) is 4.68. The zero-order valence-electron chi connectivity index (χ0n) is 16.6. The van der Waals surface area contributed by atoms with E-state index in [1.807, 2.05) is 11.0 Å². The smallest absolute Gasteiger partial charge is 0.198 e. The number of nitriles is 1. The van der Waals surface area contributed by atoms with E-state index in [1.54, 1.807) is 36.8 Å². The maximum absolute atomic E-state index is 15.3. The molecular formula is C24H18FN5O. The fraction of sp³-hybridized carbons (Fsp3) is 0.167. The largest absolute Gasteiger partial charge is 0.369 e. The lowest BCUT2D eigenvalue weighted by atomic mass is 10.00. The van der Waals surface area contributed by atoms with Crippen molar-refractivity contribution in [3.8, 4) is 17.2 Å². The molecule has 5 rings (SSSR count). The number of ketones is 1. The van der Waals surface area contributed by atoms with Gasteiger partial charge in [0.15, 0.2) is 11.6 Å². The van der Waals surface area contributed by atoms with Crippen LogP contribution >= 0.6 is 0 Å². The Morgan fingerprint density at radius 1 is 1.10 bits per heavy atom. The molecule has 1 saturated heterocycles. The number of carbonyl (C=O) groups excluding carboxylic acids is 1. The summed E-state index contributed by atoms with van der Waals surface area (Å²) >= 11 is 0. The Morgan fingerprint density at radius 2 is 1.90 bits per heavy atom. The predicted molar refractivity (Wildman–Crippen MR) is 115 cm³/mol. The monoisotopic (exact) mass is 411 g/mol. The molecule has 3 aromatic heterocycles. The van der Waals surface area contributed by atoms with Crippen molar-refractivity contribution >= 4 is 22.5 Å². The number of fused-ring (bicyclic) bond motifs is 1. The molecule has 0 unspecified atom stereocenters. The van der Waals surface area contributed by atoms with Crippen LogP contribution in [-0.4, -0.2) is 33.8 Å². The molecule has 4 heterocycles. The van der Waals surface area contributed by atoms with Gasteiger partial charge < -0.3 is 9.88 Å². The number of aromatic amines is 1. The van der Waals surface area contributed by atoms with Crippen molar-refractivity contribution in [3.63, 3.8) is 0 Å². The van der Waals surface area contributed by atoms with Gasteiger partial charge in [-0.15, -0.1) is 0 Å². The van der Waals surface area contributed by atoms with Gasteiger partial charge in [0, 0.05) is 60.0 Å². The molecule has 7 heteroatoms. The number of benzene rings is 1. The number of rotatable bonds is 4. The molecule has 0 atom stereocenters. The highest BCUT2D eigenvalue weighted by Gasteiger charge is 2.23. The average Bonchev–Trinajstić information content (AvgIpc) is 3.48. The maximum Gasteiger partial charge on any atom is 0.198 e. The van der Waals surface area contributed by atoms with E-state index in [-0.39, 0.29) is 5.56 Å².